The first-order valence-corrected chi connectivity index (χ1v) is 7.20. The van der Waals surface area contributed by atoms with Crippen molar-refractivity contribution < 1.29 is 14.7 Å². The van der Waals surface area contributed by atoms with Crippen molar-refractivity contribution in [3.63, 3.8) is 0 Å². The molecule has 1 N–H and O–H groups in total. The normalized spacial score (nSPS) is 16.1. The largest absolute Gasteiger partial charge is 0.477 e. The molecule has 1 amide bonds. The zero-order valence-electron chi connectivity index (χ0n) is 11.9. The van der Waals surface area contributed by atoms with E-state index in [4.69, 9.17) is 5.11 Å². The van der Waals surface area contributed by atoms with E-state index in [0.29, 0.717) is 5.92 Å². The summed E-state index contributed by atoms with van der Waals surface area (Å²) in [5.74, 6) is -0.437. The number of hydrogen-bond acceptors (Lipinski definition) is 2. The zero-order chi connectivity index (χ0) is 14.5. The van der Waals surface area contributed by atoms with Crippen molar-refractivity contribution in [1.82, 2.24) is 9.47 Å². The van der Waals surface area contributed by atoms with Crippen LogP contribution < -0.4 is 0 Å². The number of aromatic carboxylic acids is 1. The van der Waals surface area contributed by atoms with Gasteiger partial charge in [0.2, 0.25) is 5.91 Å². The number of likely N-dealkylation sites (N-methyl/N-ethyl adjacent to an activating group) is 1. The third kappa shape index (κ3) is 3.62. The SMILES string of the molecule is CN(CC1CCCCC1)C(=O)Cn1cccc1C(=O)O. The van der Waals surface area contributed by atoms with E-state index in [-0.39, 0.29) is 18.1 Å². The molecule has 110 valence electrons. The van der Waals surface area contributed by atoms with E-state index >= 15 is 0 Å². The van der Waals surface area contributed by atoms with Gasteiger partial charge in [-0.15, -0.1) is 0 Å². The van der Waals surface area contributed by atoms with E-state index in [9.17, 15) is 9.59 Å². The van der Waals surface area contributed by atoms with E-state index in [0.717, 1.165) is 6.54 Å². The maximum Gasteiger partial charge on any atom is 0.352 e. The van der Waals surface area contributed by atoms with Crippen molar-refractivity contribution in [2.24, 2.45) is 5.92 Å². The van der Waals surface area contributed by atoms with Gasteiger partial charge in [0.05, 0.1) is 0 Å². The predicted molar refractivity (Wildman–Crippen MR) is 75.6 cm³/mol. The van der Waals surface area contributed by atoms with Crippen LogP contribution in [0, 0.1) is 5.92 Å². The van der Waals surface area contributed by atoms with Crippen molar-refractivity contribution >= 4 is 11.9 Å². The molecule has 0 aromatic carbocycles. The lowest BCUT2D eigenvalue weighted by molar-refractivity contribution is -0.131. The van der Waals surface area contributed by atoms with Crippen LogP contribution in [-0.4, -0.2) is 40.0 Å². The number of amides is 1. The lowest BCUT2D eigenvalue weighted by Gasteiger charge is -2.27. The Hall–Kier alpha value is -1.78. The maximum atomic E-state index is 12.2. The first kappa shape index (κ1) is 14.6. The second kappa shape index (κ2) is 6.59. The van der Waals surface area contributed by atoms with Crippen LogP contribution in [-0.2, 0) is 11.3 Å². The first-order valence-electron chi connectivity index (χ1n) is 7.20. The summed E-state index contributed by atoms with van der Waals surface area (Å²) in [6, 6.07) is 3.16. The minimum Gasteiger partial charge on any atom is -0.477 e. The van der Waals surface area contributed by atoms with Gasteiger partial charge in [-0.2, -0.15) is 0 Å². The van der Waals surface area contributed by atoms with Crippen molar-refractivity contribution in [3.05, 3.63) is 24.0 Å². The second-order valence-electron chi connectivity index (χ2n) is 5.60. The Morgan fingerprint density at radius 1 is 1.35 bits per heavy atom. The summed E-state index contributed by atoms with van der Waals surface area (Å²) in [6.07, 6.45) is 7.85. The Labute approximate surface area is 119 Å². The van der Waals surface area contributed by atoms with Crippen LogP contribution in [0.4, 0.5) is 0 Å². The van der Waals surface area contributed by atoms with E-state index in [1.807, 2.05) is 0 Å². The van der Waals surface area contributed by atoms with Gasteiger partial charge >= 0.3 is 5.97 Å². The molecule has 0 radical (unpaired) electrons. The topological polar surface area (TPSA) is 62.5 Å². The fraction of sp³-hybridized carbons (Fsp3) is 0.600. The number of nitrogens with zero attached hydrogens (tertiary/aromatic N) is 2. The molecule has 2 rings (SSSR count). The molecule has 5 heteroatoms. The molecule has 5 nitrogen and oxygen atoms in total. The average Bonchev–Trinajstić information content (AvgIpc) is 2.88. The van der Waals surface area contributed by atoms with Gasteiger partial charge in [-0.3, -0.25) is 4.79 Å². The van der Waals surface area contributed by atoms with Crippen LogP contribution in [0.2, 0.25) is 0 Å². The number of carboxylic acids is 1. The standard InChI is InChI=1S/C15H22N2O3/c1-16(10-12-6-3-2-4-7-12)14(18)11-17-9-5-8-13(17)15(19)20/h5,8-9,12H,2-4,6-7,10-11H2,1H3,(H,19,20). The lowest BCUT2D eigenvalue weighted by atomic mass is 9.89. The number of rotatable bonds is 5. The molecule has 1 aromatic rings. The van der Waals surface area contributed by atoms with Crippen LogP contribution in [0.1, 0.15) is 42.6 Å². The lowest BCUT2D eigenvalue weighted by Crippen LogP contribution is -2.35. The molecular formula is C15H22N2O3. The Bertz CT molecular complexity index is 475. The molecule has 20 heavy (non-hydrogen) atoms. The van der Waals surface area contributed by atoms with Gasteiger partial charge in [0, 0.05) is 19.8 Å². The summed E-state index contributed by atoms with van der Waals surface area (Å²) in [5, 5.41) is 9.02. The number of aromatic nitrogens is 1. The third-order valence-corrected chi connectivity index (χ3v) is 4.04. The van der Waals surface area contributed by atoms with Gasteiger partial charge in [0.15, 0.2) is 0 Å². The Morgan fingerprint density at radius 3 is 2.70 bits per heavy atom. The molecule has 0 spiro atoms. The van der Waals surface area contributed by atoms with Crippen molar-refractivity contribution in [3.8, 4) is 0 Å². The van der Waals surface area contributed by atoms with E-state index < -0.39 is 5.97 Å². The summed E-state index contributed by atoms with van der Waals surface area (Å²) in [4.78, 5) is 24.9. The molecule has 0 unspecified atom stereocenters. The van der Waals surface area contributed by atoms with E-state index in [1.165, 1.54) is 42.7 Å². The average molecular weight is 278 g/mol. The second-order valence-corrected chi connectivity index (χ2v) is 5.60. The van der Waals surface area contributed by atoms with Gasteiger partial charge < -0.3 is 14.6 Å². The minimum atomic E-state index is -1.00. The highest BCUT2D eigenvalue weighted by Crippen LogP contribution is 2.24. The van der Waals surface area contributed by atoms with Crippen LogP contribution in [0.25, 0.3) is 0 Å². The van der Waals surface area contributed by atoms with Crippen molar-refractivity contribution in [1.29, 1.82) is 0 Å². The van der Waals surface area contributed by atoms with Gasteiger partial charge in [-0.1, -0.05) is 19.3 Å². The molecule has 1 heterocycles. The maximum absolute atomic E-state index is 12.2. The molecule has 0 bridgehead atoms. The number of carboxylic acid groups (broad SMARTS) is 1. The number of hydrogen-bond donors (Lipinski definition) is 1. The summed E-state index contributed by atoms with van der Waals surface area (Å²) in [5.41, 5.74) is 0.157. The fourth-order valence-electron chi connectivity index (χ4n) is 2.87. The zero-order valence-corrected chi connectivity index (χ0v) is 11.9. The smallest absolute Gasteiger partial charge is 0.352 e. The molecule has 1 aromatic heterocycles. The van der Waals surface area contributed by atoms with Gasteiger partial charge in [0.1, 0.15) is 12.2 Å². The quantitative estimate of drug-likeness (QED) is 0.898. The Morgan fingerprint density at radius 2 is 2.05 bits per heavy atom. The van der Waals surface area contributed by atoms with Crippen LogP contribution >= 0.6 is 0 Å². The Balaban J connectivity index is 1.90. The molecule has 0 atom stereocenters. The van der Waals surface area contributed by atoms with Crippen LogP contribution in [0.3, 0.4) is 0 Å². The molecule has 1 fully saturated rings. The number of carbonyl (C=O) groups excluding carboxylic acids is 1. The Kier molecular flexibility index (Phi) is 4.82. The number of carbonyl (C=O) groups is 2. The van der Waals surface area contributed by atoms with E-state index in [2.05, 4.69) is 0 Å². The fourth-order valence-corrected chi connectivity index (χ4v) is 2.87. The van der Waals surface area contributed by atoms with Gasteiger partial charge in [-0.05, 0) is 30.9 Å². The predicted octanol–water partition coefficient (Wildman–Crippen LogP) is 2.23. The monoisotopic (exact) mass is 278 g/mol. The highest BCUT2D eigenvalue weighted by Gasteiger charge is 2.19. The molecule has 1 aliphatic carbocycles. The summed E-state index contributed by atoms with van der Waals surface area (Å²) in [7, 11) is 1.81. The molecule has 0 saturated heterocycles. The molecule has 0 aliphatic heterocycles. The third-order valence-electron chi connectivity index (χ3n) is 4.04. The first-order chi connectivity index (χ1) is 9.58. The van der Waals surface area contributed by atoms with Crippen molar-refractivity contribution in [2.45, 2.75) is 38.6 Å². The highest BCUT2D eigenvalue weighted by molar-refractivity contribution is 5.86. The summed E-state index contributed by atoms with van der Waals surface area (Å²) < 4.78 is 1.49. The van der Waals surface area contributed by atoms with Crippen LogP contribution in [0.5, 0.6) is 0 Å². The molecule has 1 aliphatic rings. The highest BCUT2D eigenvalue weighted by atomic mass is 16.4. The molecule has 1 saturated carbocycles. The van der Waals surface area contributed by atoms with Crippen molar-refractivity contribution in [2.75, 3.05) is 13.6 Å². The minimum absolute atomic E-state index is 0.0331. The summed E-state index contributed by atoms with van der Waals surface area (Å²) >= 11 is 0. The van der Waals surface area contributed by atoms with Crippen LogP contribution in [0.15, 0.2) is 18.3 Å². The summed E-state index contributed by atoms with van der Waals surface area (Å²) in [6.45, 7) is 0.875. The van der Waals surface area contributed by atoms with Gasteiger partial charge in [-0.25, -0.2) is 4.79 Å². The van der Waals surface area contributed by atoms with Gasteiger partial charge in [0.25, 0.3) is 0 Å². The molecular weight excluding hydrogens is 256 g/mol. The van der Waals surface area contributed by atoms with E-state index in [1.54, 1.807) is 24.2 Å².